The van der Waals surface area contributed by atoms with Gasteiger partial charge in [-0.25, -0.2) is 0 Å². The third-order valence-electron chi connectivity index (χ3n) is 4.09. The summed E-state index contributed by atoms with van der Waals surface area (Å²) in [7, 11) is 0. The molecule has 6 nitrogen and oxygen atoms in total. The number of carbonyl (C=O) groups is 2. The van der Waals surface area contributed by atoms with Gasteiger partial charge in [-0.3, -0.25) is 9.59 Å². The normalized spacial score (nSPS) is 14.5. The number of rotatable bonds is 5. The van der Waals surface area contributed by atoms with Crippen molar-refractivity contribution in [3.05, 3.63) is 54.4 Å². The Hall–Kier alpha value is -2.76. The summed E-state index contributed by atoms with van der Waals surface area (Å²) in [5.41, 5.74) is 0.912. The van der Waals surface area contributed by atoms with Crippen molar-refractivity contribution in [1.29, 1.82) is 0 Å². The second kappa shape index (κ2) is 7.68. The molecule has 1 N–H and O–H groups in total. The van der Waals surface area contributed by atoms with Crippen molar-refractivity contribution in [2.45, 2.75) is 6.42 Å². The number of hydrogen-bond donors (Lipinski definition) is 1. The van der Waals surface area contributed by atoms with Crippen molar-refractivity contribution >= 4 is 11.8 Å². The zero-order valence-electron chi connectivity index (χ0n) is 13.5. The van der Waals surface area contributed by atoms with Crippen LogP contribution >= 0.6 is 0 Å². The molecule has 1 aliphatic heterocycles. The molecule has 1 aromatic carbocycles. The van der Waals surface area contributed by atoms with E-state index >= 15 is 0 Å². The number of piperazine rings is 1. The van der Waals surface area contributed by atoms with E-state index < -0.39 is 0 Å². The third-order valence-corrected chi connectivity index (χ3v) is 4.09. The Morgan fingerprint density at radius 1 is 0.917 bits per heavy atom. The summed E-state index contributed by atoms with van der Waals surface area (Å²) < 4.78 is 5.49. The van der Waals surface area contributed by atoms with Crippen molar-refractivity contribution < 1.29 is 14.3 Å². The summed E-state index contributed by atoms with van der Waals surface area (Å²) in [6.45, 7) is 2.26. The van der Waals surface area contributed by atoms with E-state index in [4.69, 9.17) is 4.74 Å². The molecule has 126 valence electrons. The lowest BCUT2D eigenvalue weighted by molar-refractivity contribution is -0.140. The molecule has 0 bridgehead atoms. The first-order valence-corrected chi connectivity index (χ1v) is 8.08. The zero-order chi connectivity index (χ0) is 16.8. The molecule has 1 aromatic heterocycles. The lowest BCUT2D eigenvalue weighted by atomic mass is 10.2. The lowest BCUT2D eigenvalue weighted by Crippen LogP contribution is -2.52. The monoisotopic (exact) mass is 327 g/mol. The Labute approximate surface area is 141 Å². The molecular formula is C18H21N3O3. The maximum atomic E-state index is 12.2. The smallest absolute Gasteiger partial charge is 0.260 e. The number of benzene rings is 1. The quantitative estimate of drug-likeness (QED) is 0.900. The second-order valence-corrected chi connectivity index (χ2v) is 5.74. The van der Waals surface area contributed by atoms with Crippen LogP contribution in [-0.4, -0.2) is 59.4 Å². The van der Waals surface area contributed by atoms with Crippen LogP contribution in [0.15, 0.2) is 48.7 Å². The van der Waals surface area contributed by atoms with Crippen LogP contribution in [-0.2, 0) is 16.0 Å². The average molecular weight is 327 g/mol. The number of aromatic amines is 1. The number of carbonyl (C=O) groups excluding carboxylic acids is 2. The first-order valence-electron chi connectivity index (χ1n) is 8.08. The molecule has 0 unspecified atom stereocenters. The minimum atomic E-state index is -0.0460. The minimum Gasteiger partial charge on any atom is -0.484 e. The van der Waals surface area contributed by atoms with Crippen LogP contribution in [0.25, 0.3) is 0 Å². The summed E-state index contributed by atoms with van der Waals surface area (Å²) in [6.07, 6.45) is 2.18. The van der Waals surface area contributed by atoms with Gasteiger partial charge < -0.3 is 19.5 Å². The number of hydrogen-bond acceptors (Lipinski definition) is 3. The fraction of sp³-hybridized carbons (Fsp3) is 0.333. The van der Waals surface area contributed by atoms with Gasteiger partial charge >= 0.3 is 0 Å². The van der Waals surface area contributed by atoms with Crippen molar-refractivity contribution in [3.63, 3.8) is 0 Å². The van der Waals surface area contributed by atoms with Gasteiger partial charge in [0.25, 0.3) is 5.91 Å². The fourth-order valence-electron chi connectivity index (χ4n) is 2.71. The number of aromatic nitrogens is 1. The van der Waals surface area contributed by atoms with Crippen LogP contribution in [0.5, 0.6) is 5.75 Å². The lowest BCUT2D eigenvalue weighted by Gasteiger charge is -2.34. The second-order valence-electron chi connectivity index (χ2n) is 5.74. The molecule has 1 fully saturated rings. The van der Waals surface area contributed by atoms with Crippen molar-refractivity contribution in [2.24, 2.45) is 0 Å². The summed E-state index contributed by atoms with van der Waals surface area (Å²) in [4.78, 5) is 31.0. The number of para-hydroxylation sites is 1. The number of nitrogens with zero attached hydrogens (tertiary/aromatic N) is 2. The molecule has 24 heavy (non-hydrogen) atoms. The predicted octanol–water partition coefficient (Wildman–Crippen LogP) is 1.31. The molecule has 1 saturated heterocycles. The summed E-state index contributed by atoms with van der Waals surface area (Å²) in [5, 5.41) is 0. The van der Waals surface area contributed by atoms with Crippen molar-refractivity contribution in [2.75, 3.05) is 32.8 Å². The van der Waals surface area contributed by atoms with Gasteiger partial charge in [0.15, 0.2) is 6.61 Å². The number of ether oxygens (including phenoxy) is 1. The maximum absolute atomic E-state index is 12.2. The maximum Gasteiger partial charge on any atom is 0.260 e. The van der Waals surface area contributed by atoms with Gasteiger partial charge in [-0.2, -0.15) is 0 Å². The van der Waals surface area contributed by atoms with E-state index in [1.165, 1.54) is 0 Å². The highest BCUT2D eigenvalue weighted by Gasteiger charge is 2.24. The largest absolute Gasteiger partial charge is 0.484 e. The Morgan fingerprint density at radius 2 is 1.58 bits per heavy atom. The molecule has 0 radical (unpaired) electrons. The van der Waals surface area contributed by atoms with Crippen LogP contribution in [0, 0.1) is 0 Å². The van der Waals surface area contributed by atoms with Crippen molar-refractivity contribution in [1.82, 2.24) is 14.8 Å². The highest BCUT2D eigenvalue weighted by atomic mass is 16.5. The van der Waals surface area contributed by atoms with Gasteiger partial charge in [0.05, 0.1) is 6.42 Å². The van der Waals surface area contributed by atoms with Gasteiger partial charge in [0, 0.05) is 38.1 Å². The molecule has 1 aliphatic rings. The number of nitrogens with one attached hydrogen (secondary N) is 1. The van der Waals surface area contributed by atoms with Gasteiger partial charge in [-0.05, 0) is 24.3 Å². The fourth-order valence-corrected chi connectivity index (χ4v) is 2.71. The van der Waals surface area contributed by atoms with Gasteiger partial charge in [0.1, 0.15) is 5.75 Å². The van der Waals surface area contributed by atoms with Gasteiger partial charge in [-0.15, -0.1) is 0 Å². The number of H-pyrrole nitrogens is 1. The molecule has 2 amide bonds. The zero-order valence-corrected chi connectivity index (χ0v) is 13.5. The standard InChI is InChI=1S/C18H21N3O3/c22-17(13-15-5-4-8-19-15)20-9-11-21(12-10-20)18(23)14-24-16-6-2-1-3-7-16/h1-8,19H,9-14H2. The third kappa shape index (κ3) is 4.16. The first-order chi connectivity index (χ1) is 11.7. The summed E-state index contributed by atoms with van der Waals surface area (Å²) in [5.74, 6) is 0.728. The molecule has 6 heteroatoms. The molecular weight excluding hydrogens is 306 g/mol. The summed E-state index contributed by atoms with van der Waals surface area (Å²) >= 11 is 0. The molecule has 2 heterocycles. The molecule has 3 rings (SSSR count). The van der Waals surface area contributed by atoms with E-state index in [2.05, 4.69) is 4.98 Å². The van der Waals surface area contributed by atoms with Gasteiger partial charge in [0.2, 0.25) is 5.91 Å². The Balaban J connectivity index is 1.42. The van der Waals surface area contributed by atoms with Crippen molar-refractivity contribution in [3.8, 4) is 5.75 Å². The van der Waals surface area contributed by atoms with E-state index in [9.17, 15) is 9.59 Å². The molecule has 0 spiro atoms. The van der Waals surface area contributed by atoms with Crippen LogP contribution in [0.2, 0.25) is 0 Å². The van der Waals surface area contributed by atoms with E-state index in [0.29, 0.717) is 38.3 Å². The van der Waals surface area contributed by atoms with Crippen LogP contribution in [0.1, 0.15) is 5.69 Å². The Morgan fingerprint density at radius 3 is 2.21 bits per heavy atom. The Bertz CT molecular complexity index is 662. The van der Waals surface area contributed by atoms with Crippen LogP contribution in [0.3, 0.4) is 0 Å². The van der Waals surface area contributed by atoms with Gasteiger partial charge in [-0.1, -0.05) is 18.2 Å². The minimum absolute atomic E-state index is 0.0282. The summed E-state index contributed by atoms with van der Waals surface area (Å²) in [6, 6.07) is 13.1. The van der Waals surface area contributed by atoms with E-state index in [-0.39, 0.29) is 18.4 Å². The number of amides is 2. The van der Waals surface area contributed by atoms with E-state index in [0.717, 1.165) is 5.69 Å². The highest BCUT2D eigenvalue weighted by Crippen LogP contribution is 2.10. The topological polar surface area (TPSA) is 65.6 Å². The van der Waals surface area contributed by atoms with Crippen LogP contribution in [0.4, 0.5) is 0 Å². The van der Waals surface area contributed by atoms with E-state index in [1.807, 2.05) is 53.6 Å². The SMILES string of the molecule is O=C(COc1ccccc1)N1CCN(C(=O)Cc2ccc[nH]2)CC1. The van der Waals surface area contributed by atoms with Crippen LogP contribution < -0.4 is 4.74 Å². The molecule has 0 saturated carbocycles. The highest BCUT2D eigenvalue weighted by molar-refractivity contribution is 5.80. The average Bonchev–Trinajstić information content (AvgIpc) is 3.13. The molecule has 0 atom stereocenters. The molecule has 0 aliphatic carbocycles. The predicted molar refractivity (Wildman–Crippen MR) is 89.6 cm³/mol. The molecule has 2 aromatic rings. The van der Waals surface area contributed by atoms with E-state index in [1.54, 1.807) is 4.90 Å². The Kier molecular flexibility index (Phi) is 5.15. The first kappa shape index (κ1) is 16.1.